The molecule has 0 radical (unpaired) electrons. The maximum Gasteiger partial charge on any atom is 0.237 e. The zero-order valence-corrected chi connectivity index (χ0v) is 12.3. The number of hydrogen-bond acceptors (Lipinski definition) is 2. The number of carbonyl (C=O) groups is 1. The molecule has 0 saturated heterocycles. The number of nitrogens with one attached hydrogen (secondary N) is 1. The van der Waals surface area contributed by atoms with Gasteiger partial charge in [0.05, 0.1) is 6.04 Å². The number of carbonyl (C=O) groups excluding carboxylic acids is 1. The van der Waals surface area contributed by atoms with E-state index in [1.807, 2.05) is 6.92 Å². The average Bonchev–Trinajstić information content (AvgIpc) is 3.01. The third-order valence-electron chi connectivity index (χ3n) is 5.27. The molecule has 1 aromatic rings. The van der Waals surface area contributed by atoms with Gasteiger partial charge in [-0.3, -0.25) is 4.79 Å². The monoisotopic (exact) mass is 272 g/mol. The Kier molecular flexibility index (Phi) is 3.55. The summed E-state index contributed by atoms with van der Waals surface area (Å²) in [6.07, 6.45) is 2.12. The third kappa shape index (κ3) is 2.24. The highest BCUT2D eigenvalue weighted by atomic mass is 16.2. The Morgan fingerprint density at radius 1 is 1.45 bits per heavy atom. The molecular weight excluding hydrogens is 248 g/mol. The number of amides is 1. The Hall–Kier alpha value is -1.35. The first-order chi connectivity index (χ1) is 9.63. The van der Waals surface area contributed by atoms with Crippen LogP contribution in [-0.4, -0.2) is 18.5 Å². The fourth-order valence-corrected chi connectivity index (χ4v) is 3.61. The Labute approximate surface area is 120 Å². The Bertz CT molecular complexity index is 513. The van der Waals surface area contributed by atoms with Gasteiger partial charge in [-0.15, -0.1) is 0 Å². The van der Waals surface area contributed by atoms with Gasteiger partial charge < -0.3 is 11.1 Å². The molecule has 1 aromatic carbocycles. The lowest BCUT2D eigenvalue weighted by atomic mass is 9.99. The van der Waals surface area contributed by atoms with Crippen molar-refractivity contribution in [3.8, 4) is 0 Å². The van der Waals surface area contributed by atoms with E-state index in [2.05, 4.69) is 36.5 Å². The first kappa shape index (κ1) is 13.6. The van der Waals surface area contributed by atoms with Crippen molar-refractivity contribution < 1.29 is 4.79 Å². The van der Waals surface area contributed by atoms with Crippen molar-refractivity contribution in [2.45, 2.75) is 38.6 Å². The lowest BCUT2D eigenvalue weighted by molar-refractivity contribution is -0.123. The largest absolute Gasteiger partial charge is 0.354 e. The van der Waals surface area contributed by atoms with Gasteiger partial charge in [0.25, 0.3) is 0 Å². The van der Waals surface area contributed by atoms with Crippen molar-refractivity contribution in [2.24, 2.45) is 23.5 Å². The molecule has 0 heterocycles. The van der Waals surface area contributed by atoms with E-state index in [1.165, 1.54) is 17.5 Å². The van der Waals surface area contributed by atoms with Crippen LogP contribution in [0.15, 0.2) is 24.3 Å². The molecule has 3 heteroatoms. The van der Waals surface area contributed by atoms with E-state index >= 15 is 0 Å². The van der Waals surface area contributed by atoms with Crippen LogP contribution in [-0.2, 0) is 11.2 Å². The van der Waals surface area contributed by atoms with Crippen LogP contribution < -0.4 is 11.1 Å². The van der Waals surface area contributed by atoms with Gasteiger partial charge in [-0.05, 0) is 41.2 Å². The van der Waals surface area contributed by atoms with Gasteiger partial charge >= 0.3 is 0 Å². The van der Waals surface area contributed by atoms with E-state index in [-0.39, 0.29) is 17.9 Å². The van der Waals surface area contributed by atoms with Crippen molar-refractivity contribution in [1.29, 1.82) is 0 Å². The molecule has 0 aliphatic heterocycles. The minimum Gasteiger partial charge on any atom is -0.354 e. The molecule has 1 amide bonds. The summed E-state index contributed by atoms with van der Waals surface area (Å²) in [5.74, 6) is 2.30. The molecule has 3 nitrogen and oxygen atoms in total. The number of rotatable bonds is 5. The summed E-state index contributed by atoms with van der Waals surface area (Å²) in [5.41, 5.74) is 8.96. The van der Waals surface area contributed by atoms with Crippen LogP contribution in [0.25, 0.3) is 0 Å². The first-order valence-corrected chi connectivity index (χ1v) is 7.74. The summed E-state index contributed by atoms with van der Waals surface area (Å²) >= 11 is 0. The fraction of sp³-hybridized carbons (Fsp3) is 0.588. The molecular formula is C17H24N2O. The van der Waals surface area contributed by atoms with Gasteiger partial charge in [0.15, 0.2) is 0 Å². The van der Waals surface area contributed by atoms with Crippen LogP contribution in [0.3, 0.4) is 0 Å². The zero-order chi connectivity index (χ0) is 14.3. The summed E-state index contributed by atoms with van der Waals surface area (Å²) in [4.78, 5) is 12.0. The standard InChI is InChI=1S/C17H24N2O/c1-3-10(2)16(18)17(20)19-9-14-13-8-11-6-4-5-7-12(11)15(13)14/h4-7,10,13-16H,3,8-9,18H2,1-2H3,(H,19,20). The predicted molar refractivity (Wildman–Crippen MR) is 80.3 cm³/mol. The molecule has 5 unspecified atom stereocenters. The minimum absolute atomic E-state index is 0.0117. The summed E-state index contributed by atoms with van der Waals surface area (Å²) < 4.78 is 0. The highest BCUT2D eigenvalue weighted by Gasteiger charge is 2.55. The lowest BCUT2D eigenvalue weighted by Crippen LogP contribution is -2.45. The van der Waals surface area contributed by atoms with Gasteiger partial charge in [-0.1, -0.05) is 44.5 Å². The van der Waals surface area contributed by atoms with E-state index in [0.29, 0.717) is 11.8 Å². The predicted octanol–water partition coefficient (Wildman–Crippen LogP) is 2.06. The van der Waals surface area contributed by atoms with E-state index in [0.717, 1.165) is 18.9 Å². The summed E-state index contributed by atoms with van der Waals surface area (Å²) in [6.45, 7) is 4.89. The molecule has 5 atom stereocenters. The van der Waals surface area contributed by atoms with Crippen molar-refractivity contribution in [3.63, 3.8) is 0 Å². The fourth-order valence-electron chi connectivity index (χ4n) is 3.61. The highest BCUT2D eigenvalue weighted by molar-refractivity contribution is 5.81. The normalized spacial score (nSPS) is 29.2. The van der Waals surface area contributed by atoms with Gasteiger partial charge in [-0.25, -0.2) is 0 Å². The molecule has 1 fully saturated rings. The molecule has 3 rings (SSSR count). The van der Waals surface area contributed by atoms with E-state index in [9.17, 15) is 4.79 Å². The van der Waals surface area contributed by atoms with Gasteiger partial charge in [-0.2, -0.15) is 0 Å². The van der Waals surface area contributed by atoms with Crippen molar-refractivity contribution in [1.82, 2.24) is 5.32 Å². The van der Waals surface area contributed by atoms with Crippen LogP contribution in [0, 0.1) is 17.8 Å². The molecule has 1 saturated carbocycles. The third-order valence-corrected chi connectivity index (χ3v) is 5.27. The maximum atomic E-state index is 12.0. The molecule has 0 spiro atoms. The number of benzene rings is 1. The molecule has 0 bridgehead atoms. The number of hydrogen-bond donors (Lipinski definition) is 2. The molecule has 2 aliphatic rings. The Morgan fingerprint density at radius 2 is 2.20 bits per heavy atom. The molecule has 0 aromatic heterocycles. The summed E-state index contributed by atoms with van der Waals surface area (Å²) in [7, 11) is 0. The highest BCUT2D eigenvalue weighted by Crippen LogP contribution is 2.60. The van der Waals surface area contributed by atoms with Crippen LogP contribution >= 0.6 is 0 Å². The second-order valence-corrected chi connectivity index (χ2v) is 6.41. The van der Waals surface area contributed by atoms with E-state index < -0.39 is 0 Å². The Morgan fingerprint density at radius 3 is 2.95 bits per heavy atom. The van der Waals surface area contributed by atoms with Gasteiger partial charge in [0.1, 0.15) is 0 Å². The second-order valence-electron chi connectivity index (χ2n) is 6.41. The van der Waals surface area contributed by atoms with Gasteiger partial charge in [0, 0.05) is 6.54 Å². The topological polar surface area (TPSA) is 55.1 Å². The van der Waals surface area contributed by atoms with Crippen LogP contribution in [0.1, 0.15) is 37.3 Å². The number of fused-ring (bicyclic) bond motifs is 3. The molecule has 20 heavy (non-hydrogen) atoms. The minimum atomic E-state index is -0.370. The van der Waals surface area contributed by atoms with Gasteiger partial charge in [0.2, 0.25) is 5.91 Å². The molecule has 108 valence electrons. The van der Waals surface area contributed by atoms with E-state index in [1.54, 1.807) is 0 Å². The van der Waals surface area contributed by atoms with Crippen molar-refractivity contribution >= 4 is 5.91 Å². The van der Waals surface area contributed by atoms with Crippen molar-refractivity contribution in [2.75, 3.05) is 6.54 Å². The summed E-state index contributed by atoms with van der Waals surface area (Å²) in [6, 6.07) is 8.34. The maximum absolute atomic E-state index is 12.0. The smallest absolute Gasteiger partial charge is 0.237 e. The average molecular weight is 272 g/mol. The molecule has 2 aliphatic carbocycles. The SMILES string of the molecule is CCC(C)C(N)C(=O)NCC1C2Cc3ccccc3C12. The zero-order valence-electron chi connectivity index (χ0n) is 12.3. The van der Waals surface area contributed by atoms with Crippen molar-refractivity contribution in [3.05, 3.63) is 35.4 Å². The van der Waals surface area contributed by atoms with Crippen LogP contribution in [0.5, 0.6) is 0 Å². The quantitative estimate of drug-likeness (QED) is 0.862. The lowest BCUT2D eigenvalue weighted by Gasteiger charge is -2.18. The molecule has 3 N–H and O–H groups in total. The van der Waals surface area contributed by atoms with Crippen LogP contribution in [0.2, 0.25) is 0 Å². The Balaban J connectivity index is 1.52. The first-order valence-electron chi connectivity index (χ1n) is 7.74. The van der Waals surface area contributed by atoms with E-state index in [4.69, 9.17) is 5.73 Å². The number of nitrogens with two attached hydrogens (primary N) is 1. The summed E-state index contributed by atoms with van der Waals surface area (Å²) in [5, 5.41) is 3.06. The van der Waals surface area contributed by atoms with Crippen LogP contribution in [0.4, 0.5) is 0 Å². The second kappa shape index (κ2) is 5.21.